The summed E-state index contributed by atoms with van der Waals surface area (Å²) in [7, 11) is 1.95. The molecule has 2 heterocycles. The first-order valence-electron chi connectivity index (χ1n) is 6.00. The van der Waals surface area contributed by atoms with Crippen LogP contribution in [-0.4, -0.2) is 28.5 Å². The van der Waals surface area contributed by atoms with Gasteiger partial charge in [0.2, 0.25) is 0 Å². The molecule has 0 saturated carbocycles. The molecule has 0 aliphatic heterocycles. The van der Waals surface area contributed by atoms with Crippen molar-refractivity contribution in [3.8, 4) is 6.07 Å². The zero-order valence-corrected chi connectivity index (χ0v) is 12.8. The number of rotatable bonds is 4. The van der Waals surface area contributed by atoms with Crippen LogP contribution in [0.5, 0.6) is 0 Å². The molecule has 0 N–H and O–H groups in total. The van der Waals surface area contributed by atoms with Crippen molar-refractivity contribution in [3.63, 3.8) is 0 Å². The van der Waals surface area contributed by atoms with E-state index in [1.165, 1.54) is 4.88 Å². The highest BCUT2D eigenvalue weighted by atomic mass is 35.5. The number of aryl methyl sites for hydroxylation is 2. The standard InChI is InChI=1S/C13H15ClN4S/c1-8-9(2)19-13-11(8)12(14)16-10(17-13)7-18(3)6-4-5-15/h4,6-7H2,1-3H3. The van der Waals surface area contributed by atoms with Gasteiger partial charge in [-0.3, -0.25) is 4.90 Å². The van der Waals surface area contributed by atoms with E-state index in [0.717, 1.165) is 15.8 Å². The van der Waals surface area contributed by atoms with Gasteiger partial charge in [-0.2, -0.15) is 5.26 Å². The molecular formula is C13H15ClN4S. The van der Waals surface area contributed by atoms with Gasteiger partial charge in [0.1, 0.15) is 15.8 Å². The van der Waals surface area contributed by atoms with Crippen LogP contribution < -0.4 is 0 Å². The predicted molar refractivity (Wildman–Crippen MR) is 78.5 cm³/mol. The molecule has 0 bridgehead atoms. The molecule has 6 heteroatoms. The summed E-state index contributed by atoms with van der Waals surface area (Å²) in [5, 5.41) is 10.1. The van der Waals surface area contributed by atoms with Crippen LogP contribution in [0.3, 0.4) is 0 Å². The third-order valence-electron chi connectivity index (χ3n) is 3.05. The second-order valence-corrected chi connectivity index (χ2v) is 6.10. The highest BCUT2D eigenvalue weighted by Gasteiger charge is 2.13. The van der Waals surface area contributed by atoms with Crippen LogP contribution in [0.2, 0.25) is 5.15 Å². The van der Waals surface area contributed by atoms with Crippen molar-refractivity contribution in [2.75, 3.05) is 13.6 Å². The average molecular weight is 295 g/mol. The van der Waals surface area contributed by atoms with Crippen LogP contribution in [0.4, 0.5) is 0 Å². The summed E-state index contributed by atoms with van der Waals surface area (Å²) in [4.78, 5) is 13.1. The minimum Gasteiger partial charge on any atom is -0.298 e. The maximum absolute atomic E-state index is 8.57. The Balaban J connectivity index is 2.29. The van der Waals surface area contributed by atoms with Gasteiger partial charge in [-0.15, -0.1) is 11.3 Å². The summed E-state index contributed by atoms with van der Waals surface area (Å²) in [6, 6.07) is 2.13. The van der Waals surface area contributed by atoms with Crippen molar-refractivity contribution in [2.45, 2.75) is 26.8 Å². The molecule has 0 aliphatic carbocycles. The Labute approximate surface area is 121 Å². The lowest BCUT2D eigenvalue weighted by molar-refractivity contribution is 0.326. The van der Waals surface area contributed by atoms with Crippen molar-refractivity contribution >= 4 is 33.2 Å². The number of nitriles is 1. The lowest BCUT2D eigenvalue weighted by atomic mass is 10.2. The Hall–Kier alpha value is -1.22. The predicted octanol–water partition coefficient (Wildman–Crippen LogP) is 3.31. The van der Waals surface area contributed by atoms with Crippen molar-refractivity contribution in [1.82, 2.24) is 14.9 Å². The second kappa shape index (κ2) is 5.83. The van der Waals surface area contributed by atoms with Crippen LogP contribution in [0.15, 0.2) is 0 Å². The van der Waals surface area contributed by atoms with Crippen LogP contribution >= 0.6 is 22.9 Å². The fourth-order valence-electron chi connectivity index (χ4n) is 1.87. The third-order valence-corrected chi connectivity index (χ3v) is 4.42. The van der Waals surface area contributed by atoms with E-state index in [1.54, 1.807) is 11.3 Å². The van der Waals surface area contributed by atoms with E-state index in [0.29, 0.717) is 30.5 Å². The van der Waals surface area contributed by atoms with Crippen LogP contribution in [-0.2, 0) is 6.54 Å². The van der Waals surface area contributed by atoms with Gasteiger partial charge < -0.3 is 0 Å². The normalized spacial score (nSPS) is 11.2. The largest absolute Gasteiger partial charge is 0.298 e. The molecule has 19 heavy (non-hydrogen) atoms. The van der Waals surface area contributed by atoms with E-state index < -0.39 is 0 Å². The fraction of sp³-hybridized carbons (Fsp3) is 0.462. The summed E-state index contributed by atoms with van der Waals surface area (Å²) in [6.07, 6.45) is 0.504. The Kier molecular flexibility index (Phi) is 4.35. The number of thiophene rings is 1. The Bertz CT molecular complexity index is 644. The Morgan fingerprint density at radius 3 is 2.79 bits per heavy atom. The van der Waals surface area contributed by atoms with E-state index in [-0.39, 0.29) is 0 Å². The van der Waals surface area contributed by atoms with Gasteiger partial charge in [-0.25, -0.2) is 9.97 Å². The summed E-state index contributed by atoms with van der Waals surface area (Å²) < 4.78 is 0. The molecule has 4 nitrogen and oxygen atoms in total. The summed E-state index contributed by atoms with van der Waals surface area (Å²) in [5.74, 6) is 0.708. The van der Waals surface area contributed by atoms with Crippen molar-refractivity contribution in [2.24, 2.45) is 0 Å². The van der Waals surface area contributed by atoms with Crippen LogP contribution in [0.25, 0.3) is 10.2 Å². The molecule has 0 amide bonds. The maximum atomic E-state index is 8.57. The molecule has 0 radical (unpaired) electrons. The van der Waals surface area contributed by atoms with Gasteiger partial charge >= 0.3 is 0 Å². The fourth-order valence-corrected chi connectivity index (χ4v) is 3.31. The lowest BCUT2D eigenvalue weighted by Gasteiger charge is -2.13. The molecule has 0 spiro atoms. The minimum absolute atomic E-state index is 0.504. The highest BCUT2D eigenvalue weighted by molar-refractivity contribution is 7.18. The number of hydrogen-bond donors (Lipinski definition) is 0. The second-order valence-electron chi connectivity index (χ2n) is 4.54. The maximum Gasteiger partial charge on any atom is 0.145 e. The molecular weight excluding hydrogens is 280 g/mol. The minimum atomic E-state index is 0.504. The van der Waals surface area contributed by atoms with Crippen LogP contribution in [0.1, 0.15) is 22.7 Å². The van der Waals surface area contributed by atoms with E-state index >= 15 is 0 Å². The monoisotopic (exact) mass is 294 g/mol. The summed E-state index contributed by atoms with van der Waals surface area (Å²) in [5.41, 5.74) is 1.16. The average Bonchev–Trinajstić information content (AvgIpc) is 2.62. The van der Waals surface area contributed by atoms with E-state index in [2.05, 4.69) is 23.0 Å². The van der Waals surface area contributed by atoms with E-state index in [4.69, 9.17) is 16.9 Å². The van der Waals surface area contributed by atoms with Crippen LogP contribution in [0, 0.1) is 25.2 Å². The first-order valence-corrected chi connectivity index (χ1v) is 7.20. The Morgan fingerprint density at radius 1 is 1.37 bits per heavy atom. The number of nitrogens with zero attached hydrogens (tertiary/aromatic N) is 4. The summed E-state index contributed by atoms with van der Waals surface area (Å²) >= 11 is 7.90. The number of halogens is 1. The lowest BCUT2D eigenvalue weighted by Crippen LogP contribution is -2.20. The molecule has 0 atom stereocenters. The van der Waals surface area contributed by atoms with Gasteiger partial charge in [-0.05, 0) is 26.5 Å². The number of fused-ring (bicyclic) bond motifs is 1. The molecule has 2 rings (SSSR count). The first-order chi connectivity index (χ1) is 9.02. The molecule has 0 fully saturated rings. The Morgan fingerprint density at radius 2 is 2.11 bits per heavy atom. The topological polar surface area (TPSA) is 52.8 Å². The molecule has 0 saturated heterocycles. The third kappa shape index (κ3) is 3.03. The molecule has 0 aromatic carbocycles. The van der Waals surface area contributed by atoms with E-state index in [9.17, 15) is 0 Å². The molecule has 100 valence electrons. The van der Waals surface area contributed by atoms with Gasteiger partial charge in [0.05, 0.1) is 18.0 Å². The quantitative estimate of drug-likeness (QED) is 0.812. The van der Waals surface area contributed by atoms with Crippen molar-refractivity contribution in [1.29, 1.82) is 5.26 Å². The van der Waals surface area contributed by atoms with Gasteiger partial charge in [0.25, 0.3) is 0 Å². The molecule has 2 aromatic rings. The summed E-state index contributed by atoms with van der Waals surface area (Å²) in [6.45, 7) is 5.42. The zero-order chi connectivity index (χ0) is 14.0. The van der Waals surface area contributed by atoms with Crippen molar-refractivity contribution in [3.05, 3.63) is 21.4 Å². The van der Waals surface area contributed by atoms with Crippen molar-refractivity contribution < 1.29 is 0 Å². The smallest absolute Gasteiger partial charge is 0.145 e. The zero-order valence-electron chi connectivity index (χ0n) is 11.2. The van der Waals surface area contributed by atoms with E-state index in [1.807, 2.05) is 18.9 Å². The highest BCUT2D eigenvalue weighted by Crippen LogP contribution is 2.32. The van der Waals surface area contributed by atoms with Gasteiger partial charge in [-0.1, -0.05) is 11.6 Å². The molecule has 0 unspecified atom stereocenters. The van der Waals surface area contributed by atoms with Gasteiger partial charge in [0.15, 0.2) is 0 Å². The SMILES string of the molecule is Cc1sc2nc(CN(C)CCC#N)nc(Cl)c2c1C. The van der Waals surface area contributed by atoms with Gasteiger partial charge in [0, 0.05) is 17.8 Å². The molecule has 0 aliphatic rings. The first kappa shape index (κ1) is 14.2. The number of aromatic nitrogens is 2. The molecule has 2 aromatic heterocycles. The number of hydrogen-bond acceptors (Lipinski definition) is 5.